The number of nitro groups is 1. The second kappa shape index (κ2) is 6.66. The average Bonchev–Trinajstić information content (AvgIpc) is 3.24. The van der Waals surface area contributed by atoms with Crippen LogP contribution >= 0.6 is 11.6 Å². The number of nitro benzene ring substituents is 1. The monoisotopic (exact) mass is 385 g/mol. The molecule has 0 aliphatic carbocycles. The molecule has 2 aromatic carbocycles. The highest BCUT2D eigenvalue weighted by Gasteiger charge is 2.39. The van der Waals surface area contributed by atoms with E-state index in [1.165, 1.54) is 12.1 Å². The zero-order valence-electron chi connectivity index (χ0n) is 14.3. The summed E-state index contributed by atoms with van der Waals surface area (Å²) in [5.74, 6) is -0.683. The highest BCUT2D eigenvalue weighted by atomic mass is 35.5. The van der Waals surface area contributed by atoms with Gasteiger partial charge >= 0.3 is 0 Å². The van der Waals surface area contributed by atoms with Crippen molar-refractivity contribution in [1.82, 2.24) is 0 Å². The number of nitrogens with zero attached hydrogens (tertiary/aromatic N) is 3. The SMILES string of the molecule is O=C1CC(C(=O)N2CCc3cc([N+](=O)[O-])ccc32)CN1c1cccc(Cl)c1. The Balaban J connectivity index is 1.54. The largest absolute Gasteiger partial charge is 0.312 e. The molecule has 27 heavy (non-hydrogen) atoms. The van der Waals surface area contributed by atoms with Crippen molar-refractivity contribution in [2.75, 3.05) is 22.9 Å². The number of carbonyl (C=O) groups excluding carboxylic acids is 2. The Morgan fingerprint density at radius 2 is 2.04 bits per heavy atom. The highest BCUT2D eigenvalue weighted by molar-refractivity contribution is 6.31. The van der Waals surface area contributed by atoms with Crippen LogP contribution in [-0.4, -0.2) is 29.8 Å². The van der Waals surface area contributed by atoms with Crippen molar-refractivity contribution in [3.8, 4) is 0 Å². The summed E-state index contributed by atoms with van der Waals surface area (Å²) in [6.45, 7) is 0.772. The van der Waals surface area contributed by atoms with E-state index in [1.54, 1.807) is 40.1 Å². The molecule has 2 aliphatic rings. The molecule has 2 amide bonds. The molecule has 4 rings (SSSR count). The fourth-order valence-electron chi connectivity index (χ4n) is 3.72. The van der Waals surface area contributed by atoms with Gasteiger partial charge < -0.3 is 9.80 Å². The third kappa shape index (κ3) is 3.14. The molecule has 0 N–H and O–H groups in total. The van der Waals surface area contributed by atoms with Gasteiger partial charge in [-0.3, -0.25) is 19.7 Å². The van der Waals surface area contributed by atoms with Gasteiger partial charge in [0, 0.05) is 48.0 Å². The number of benzene rings is 2. The molecule has 2 aromatic rings. The molecule has 7 nitrogen and oxygen atoms in total. The fourth-order valence-corrected chi connectivity index (χ4v) is 3.90. The number of amides is 2. The van der Waals surface area contributed by atoms with Crippen LogP contribution in [-0.2, 0) is 16.0 Å². The van der Waals surface area contributed by atoms with Gasteiger partial charge in [0.2, 0.25) is 11.8 Å². The molecule has 138 valence electrons. The minimum Gasteiger partial charge on any atom is -0.312 e. The summed E-state index contributed by atoms with van der Waals surface area (Å²) in [4.78, 5) is 39.1. The zero-order valence-corrected chi connectivity index (χ0v) is 15.1. The lowest BCUT2D eigenvalue weighted by Gasteiger charge is -2.21. The molecule has 0 aromatic heterocycles. The first kappa shape index (κ1) is 17.5. The van der Waals surface area contributed by atoms with Crippen molar-refractivity contribution in [2.24, 2.45) is 5.92 Å². The van der Waals surface area contributed by atoms with Gasteiger partial charge in [-0.1, -0.05) is 17.7 Å². The van der Waals surface area contributed by atoms with Crippen LogP contribution < -0.4 is 9.80 Å². The summed E-state index contributed by atoms with van der Waals surface area (Å²) in [7, 11) is 0. The van der Waals surface area contributed by atoms with E-state index in [0.717, 1.165) is 5.56 Å². The summed E-state index contributed by atoms with van der Waals surface area (Å²) in [5.41, 5.74) is 2.18. The Labute approximate surface area is 160 Å². The average molecular weight is 386 g/mol. The van der Waals surface area contributed by atoms with Gasteiger partial charge in [0.25, 0.3) is 5.69 Å². The number of non-ortho nitro benzene ring substituents is 1. The standard InChI is InChI=1S/C19H16ClN3O4/c20-14-2-1-3-15(10-14)22-11-13(9-18(22)24)19(25)21-7-6-12-8-16(23(26)27)4-5-17(12)21/h1-5,8,10,13H,6-7,9,11H2. The Morgan fingerprint density at radius 3 is 2.78 bits per heavy atom. The van der Waals surface area contributed by atoms with E-state index in [2.05, 4.69) is 0 Å². The van der Waals surface area contributed by atoms with Gasteiger partial charge in [-0.25, -0.2) is 0 Å². The molecule has 2 aliphatic heterocycles. The Kier molecular flexibility index (Phi) is 4.31. The van der Waals surface area contributed by atoms with E-state index >= 15 is 0 Å². The lowest BCUT2D eigenvalue weighted by atomic mass is 10.1. The van der Waals surface area contributed by atoms with E-state index in [0.29, 0.717) is 35.9 Å². The van der Waals surface area contributed by atoms with Crippen LogP contribution in [0.4, 0.5) is 17.1 Å². The Hall–Kier alpha value is -2.93. The van der Waals surface area contributed by atoms with Crippen LogP contribution in [0.1, 0.15) is 12.0 Å². The number of hydrogen-bond donors (Lipinski definition) is 0. The van der Waals surface area contributed by atoms with Crippen molar-refractivity contribution in [2.45, 2.75) is 12.8 Å². The number of rotatable bonds is 3. The zero-order chi connectivity index (χ0) is 19.1. The molecule has 0 radical (unpaired) electrons. The molecule has 1 saturated heterocycles. The maximum atomic E-state index is 13.0. The first-order chi connectivity index (χ1) is 12.9. The van der Waals surface area contributed by atoms with Gasteiger partial charge in [0.05, 0.1) is 10.8 Å². The van der Waals surface area contributed by atoms with E-state index in [4.69, 9.17) is 11.6 Å². The molecular weight excluding hydrogens is 370 g/mol. The second-order valence-electron chi connectivity index (χ2n) is 6.70. The van der Waals surface area contributed by atoms with Crippen LogP contribution in [0.3, 0.4) is 0 Å². The lowest BCUT2D eigenvalue weighted by Crippen LogP contribution is -2.36. The summed E-state index contributed by atoms with van der Waals surface area (Å²) in [6, 6.07) is 11.5. The Morgan fingerprint density at radius 1 is 1.22 bits per heavy atom. The van der Waals surface area contributed by atoms with Crippen LogP contribution in [0.2, 0.25) is 5.02 Å². The lowest BCUT2D eigenvalue weighted by molar-refractivity contribution is -0.384. The van der Waals surface area contributed by atoms with E-state index in [9.17, 15) is 19.7 Å². The number of halogens is 1. The predicted octanol–water partition coefficient (Wildman–Crippen LogP) is 3.19. The molecule has 0 bridgehead atoms. The molecule has 2 heterocycles. The first-order valence-corrected chi connectivity index (χ1v) is 8.96. The molecule has 1 atom stereocenters. The number of hydrogen-bond acceptors (Lipinski definition) is 4. The maximum Gasteiger partial charge on any atom is 0.269 e. The predicted molar refractivity (Wildman–Crippen MR) is 101 cm³/mol. The third-order valence-corrected chi connectivity index (χ3v) is 5.26. The molecule has 1 fully saturated rings. The fraction of sp³-hybridized carbons (Fsp3) is 0.263. The van der Waals surface area contributed by atoms with E-state index in [-0.39, 0.29) is 23.9 Å². The van der Waals surface area contributed by atoms with Crippen LogP contribution in [0.5, 0.6) is 0 Å². The van der Waals surface area contributed by atoms with Crippen molar-refractivity contribution in [3.63, 3.8) is 0 Å². The van der Waals surface area contributed by atoms with Crippen molar-refractivity contribution in [1.29, 1.82) is 0 Å². The summed E-state index contributed by atoms with van der Waals surface area (Å²) < 4.78 is 0. The number of fused-ring (bicyclic) bond motifs is 1. The van der Waals surface area contributed by atoms with Crippen molar-refractivity contribution >= 4 is 40.5 Å². The van der Waals surface area contributed by atoms with Gasteiger partial charge in [0.15, 0.2) is 0 Å². The highest BCUT2D eigenvalue weighted by Crippen LogP contribution is 2.34. The minimum atomic E-state index is -0.447. The van der Waals surface area contributed by atoms with E-state index < -0.39 is 10.8 Å². The number of anilines is 2. The molecular formula is C19H16ClN3O4. The van der Waals surface area contributed by atoms with Gasteiger partial charge in [-0.05, 0) is 36.2 Å². The van der Waals surface area contributed by atoms with Crippen molar-refractivity contribution in [3.05, 3.63) is 63.2 Å². The van der Waals surface area contributed by atoms with Gasteiger partial charge in [0.1, 0.15) is 0 Å². The first-order valence-electron chi connectivity index (χ1n) is 8.58. The molecule has 0 saturated carbocycles. The normalized spacial score (nSPS) is 18.7. The summed E-state index contributed by atoms with van der Waals surface area (Å²) >= 11 is 6.00. The van der Waals surface area contributed by atoms with Crippen LogP contribution in [0.15, 0.2) is 42.5 Å². The van der Waals surface area contributed by atoms with Crippen LogP contribution in [0, 0.1) is 16.0 Å². The quantitative estimate of drug-likeness (QED) is 0.600. The van der Waals surface area contributed by atoms with Gasteiger partial charge in [-0.15, -0.1) is 0 Å². The topological polar surface area (TPSA) is 83.8 Å². The van der Waals surface area contributed by atoms with Crippen LogP contribution in [0.25, 0.3) is 0 Å². The second-order valence-corrected chi connectivity index (χ2v) is 7.13. The molecule has 0 spiro atoms. The van der Waals surface area contributed by atoms with Gasteiger partial charge in [-0.2, -0.15) is 0 Å². The van der Waals surface area contributed by atoms with E-state index in [1.807, 2.05) is 0 Å². The smallest absolute Gasteiger partial charge is 0.269 e. The van der Waals surface area contributed by atoms with Crippen molar-refractivity contribution < 1.29 is 14.5 Å². The molecule has 8 heteroatoms. The maximum absolute atomic E-state index is 13.0. The molecule has 1 unspecified atom stereocenters. The number of carbonyl (C=O) groups is 2. The Bertz CT molecular complexity index is 962. The minimum absolute atomic E-state index is 0.0197. The summed E-state index contributed by atoms with van der Waals surface area (Å²) in [5, 5.41) is 11.5. The summed E-state index contributed by atoms with van der Waals surface area (Å²) in [6.07, 6.45) is 0.714. The third-order valence-electron chi connectivity index (χ3n) is 5.03.